The monoisotopic (exact) mass is 295 g/mol. The standard InChI is InChI=1S/C16H25NO4/c1-7-8-20-15(19)13-10(2)12(9-17-13)14(18)21-11(3)16(4,5)6/h9,11,17H,7-8H2,1-6H3. The summed E-state index contributed by atoms with van der Waals surface area (Å²) in [7, 11) is 0. The fraction of sp³-hybridized carbons (Fsp3) is 0.625. The van der Waals surface area contributed by atoms with Gasteiger partial charge in [0.15, 0.2) is 0 Å². The smallest absolute Gasteiger partial charge is 0.355 e. The average molecular weight is 295 g/mol. The largest absolute Gasteiger partial charge is 0.461 e. The maximum atomic E-state index is 12.2. The first-order valence-corrected chi connectivity index (χ1v) is 7.24. The highest BCUT2D eigenvalue weighted by Gasteiger charge is 2.27. The molecule has 0 aliphatic rings. The molecule has 118 valence electrons. The molecule has 0 radical (unpaired) electrons. The molecule has 1 unspecified atom stereocenters. The highest BCUT2D eigenvalue weighted by atomic mass is 16.5. The van der Waals surface area contributed by atoms with E-state index in [2.05, 4.69) is 4.98 Å². The first-order valence-electron chi connectivity index (χ1n) is 7.24. The molecule has 0 aromatic carbocycles. The van der Waals surface area contributed by atoms with Gasteiger partial charge in [-0.3, -0.25) is 0 Å². The Labute approximate surface area is 126 Å². The minimum Gasteiger partial charge on any atom is -0.461 e. The molecule has 1 N–H and O–H groups in total. The second-order valence-electron chi connectivity index (χ2n) is 6.25. The van der Waals surface area contributed by atoms with Crippen molar-refractivity contribution in [1.29, 1.82) is 0 Å². The summed E-state index contributed by atoms with van der Waals surface area (Å²) in [4.78, 5) is 26.8. The molecular formula is C16H25NO4. The minimum atomic E-state index is -0.447. The number of hydrogen-bond donors (Lipinski definition) is 1. The molecule has 0 saturated carbocycles. The first-order chi connectivity index (χ1) is 9.68. The molecule has 5 nitrogen and oxygen atoms in total. The van der Waals surface area contributed by atoms with Crippen molar-refractivity contribution in [3.05, 3.63) is 23.0 Å². The number of carbonyl (C=O) groups is 2. The molecule has 0 bridgehead atoms. The van der Waals surface area contributed by atoms with Crippen LogP contribution in [0.25, 0.3) is 0 Å². The van der Waals surface area contributed by atoms with Crippen LogP contribution in [0.1, 0.15) is 67.4 Å². The number of H-pyrrole nitrogens is 1. The van der Waals surface area contributed by atoms with Gasteiger partial charge < -0.3 is 14.5 Å². The maximum Gasteiger partial charge on any atom is 0.355 e. The summed E-state index contributed by atoms with van der Waals surface area (Å²) in [6.07, 6.45) is 2.02. The third-order valence-electron chi connectivity index (χ3n) is 3.50. The van der Waals surface area contributed by atoms with Gasteiger partial charge in [0, 0.05) is 6.20 Å². The number of ether oxygens (including phenoxy) is 2. The Morgan fingerprint density at radius 1 is 1.29 bits per heavy atom. The number of esters is 2. The minimum absolute atomic E-state index is 0.136. The van der Waals surface area contributed by atoms with E-state index in [1.807, 2.05) is 34.6 Å². The molecule has 0 saturated heterocycles. The van der Waals surface area contributed by atoms with Crippen LogP contribution in [0.15, 0.2) is 6.20 Å². The van der Waals surface area contributed by atoms with E-state index in [9.17, 15) is 9.59 Å². The van der Waals surface area contributed by atoms with Crippen molar-refractivity contribution in [2.75, 3.05) is 6.61 Å². The van der Waals surface area contributed by atoms with E-state index >= 15 is 0 Å². The van der Waals surface area contributed by atoms with Gasteiger partial charge in [0.2, 0.25) is 0 Å². The van der Waals surface area contributed by atoms with Crippen LogP contribution in [0.3, 0.4) is 0 Å². The quantitative estimate of drug-likeness (QED) is 0.844. The van der Waals surface area contributed by atoms with E-state index in [0.29, 0.717) is 23.4 Å². The molecule has 5 heteroatoms. The summed E-state index contributed by atoms with van der Waals surface area (Å²) < 4.78 is 10.5. The lowest BCUT2D eigenvalue weighted by Gasteiger charge is -2.26. The van der Waals surface area contributed by atoms with Crippen LogP contribution in [-0.4, -0.2) is 29.6 Å². The molecule has 1 heterocycles. The second kappa shape index (κ2) is 6.78. The molecule has 0 aliphatic heterocycles. The lowest BCUT2D eigenvalue weighted by molar-refractivity contribution is 0.00475. The van der Waals surface area contributed by atoms with E-state index in [-0.39, 0.29) is 11.5 Å². The Morgan fingerprint density at radius 2 is 1.90 bits per heavy atom. The molecule has 0 amide bonds. The molecule has 0 aliphatic carbocycles. The van der Waals surface area contributed by atoms with E-state index < -0.39 is 11.9 Å². The molecule has 0 fully saturated rings. The predicted molar refractivity (Wildman–Crippen MR) is 80.4 cm³/mol. The van der Waals surface area contributed by atoms with Crippen LogP contribution in [0.4, 0.5) is 0 Å². The van der Waals surface area contributed by atoms with Crippen molar-refractivity contribution in [1.82, 2.24) is 4.98 Å². The predicted octanol–water partition coefficient (Wildman–Crippen LogP) is 3.48. The lowest BCUT2D eigenvalue weighted by Crippen LogP contribution is -2.28. The van der Waals surface area contributed by atoms with E-state index in [4.69, 9.17) is 9.47 Å². The normalized spacial score (nSPS) is 12.9. The van der Waals surface area contributed by atoms with Gasteiger partial charge >= 0.3 is 11.9 Å². The van der Waals surface area contributed by atoms with Gasteiger partial charge in [-0.25, -0.2) is 9.59 Å². The van der Waals surface area contributed by atoms with Crippen LogP contribution in [-0.2, 0) is 9.47 Å². The van der Waals surface area contributed by atoms with Crippen LogP contribution < -0.4 is 0 Å². The Morgan fingerprint density at radius 3 is 2.43 bits per heavy atom. The SMILES string of the molecule is CCCOC(=O)c1[nH]cc(C(=O)OC(C)C(C)(C)C)c1C. The number of hydrogen-bond acceptors (Lipinski definition) is 4. The molecule has 0 spiro atoms. The number of nitrogens with one attached hydrogen (secondary N) is 1. The summed E-state index contributed by atoms with van der Waals surface area (Å²) >= 11 is 0. The molecule has 21 heavy (non-hydrogen) atoms. The molecule has 1 aromatic rings. The number of carbonyl (C=O) groups excluding carboxylic acids is 2. The van der Waals surface area contributed by atoms with Crippen molar-refractivity contribution < 1.29 is 19.1 Å². The third kappa shape index (κ3) is 4.34. The Kier molecular flexibility index (Phi) is 5.58. The van der Waals surface area contributed by atoms with Crippen molar-refractivity contribution in [3.63, 3.8) is 0 Å². The van der Waals surface area contributed by atoms with Gasteiger partial charge in [-0.2, -0.15) is 0 Å². The van der Waals surface area contributed by atoms with Crippen LogP contribution in [0.5, 0.6) is 0 Å². The van der Waals surface area contributed by atoms with Gasteiger partial charge in [0.05, 0.1) is 12.2 Å². The van der Waals surface area contributed by atoms with Crippen LogP contribution in [0, 0.1) is 12.3 Å². The number of aromatic amines is 1. The van der Waals surface area contributed by atoms with Gasteiger partial charge in [-0.15, -0.1) is 0 Å². The van der Waals surface area contributed by atoms with Crippen LogP contribution >= 0.6 is 0 Å². The van der Waals surface area contributed by atoms with Crippen molar-refractivity contribution in [2.24, 2.45) is 5.41 Å². The molecule has 1 aromatic heterocycles. The van der Waals surface area contributed by atoms with Gasteiger partial charge in [-0.1, -0.05) is 27.7 Å². The van der Waals surface area contributed by atoms with E-state index in [0.717, 1.165) is 6.42 Å². The summed E-state index contributed by atoms with van der Waals surface area (Å²) in [5.41, 5.74) is 1.10. The number of rotatable bonds is 5. The lowest BCUT2D eigenvalue weighted by atomic mass is 9.90. The zero-order chi connectivity index (χ0) is 16.2. The number of aromatic nitrogens is 1. The van der Waals surface area contributed by atoms with Crippen molar-refractivity contribution in [2.45, 2.75) is 54.1 Å². The molecule has 1 atom stereocenters. The van der Waals surface area contributed by atoms with Crippen molar-refractivity contribution in [3.8, 4) is 0 Å². The van der Waals surface area contributed by atoms with Crippen molar-refractivity contribution >= 4 is 11.9 Å². The van der Waals surface area contributed by atoms with Gasteiger partial charge in [-0.05, 0) is 31.2 Å². The first kappa shape index (κ1) is 17.3. The molecule has 1 rings (SSSR count). The highest BCUT2D eigenvalue weighted by Crippen LogP contribution is 2.24. The van der Waals surface area contributed by atoms with Gasteiger partial charge in [0.25, 0.3) is 0 Å². The summed E-state index contributed by atoms with van der Waals surface area (Å²) in [6, 6.07) is 0. The maximum absolute atomic E-state index is 12.2. The van der Waals surface area contributed by atoms with Gasteiger partial charge in [0.1, 0.15) is 11.8 Å². The van der Waals surface area contributed by atoms with E-state index in [1.165, 1.54) is 6.20 Å². The summed E-state index contributed by atoms with van der Waals surface area (Å²) in [6.45, 7) is 11.9. The fourth-order valence-corrected chi connectivity index (χ4v) is 1.59. The zero-order valence-corrected chi connectivity index (χ0v) is 13.7. The summed E-state index contributed by atoms with van der Waals surface area (Å²) in [5, 5.41) is 0. The Balaban J connectivity index is 2.84. The van der Waals surface area contributed by atoms with Crippen LogP contribution in [0.2, 0.25) is 0 Å². The third-order valence-corrected chi connectivity index (χ3v) is 3.50. The topological polar surface area (TPSA) is 68.4 Å². The highest BCUT2D eigenvalue weighted by molar-refractivity contribution is 5.97. The second-order valence-corrected chi connectivity index (χ2v) is 6.25. The fourth-order valence-electron chi connectivity index (χ4n) is 1.59. The summed E-state index contributed by atoms with van der Waals surface area (Å²) in [5.74, 6) is -0.877. The molecular weight excluding hydrogens is 270 g/mol. The van der Waals surface area contributed by atoms with E-state index in [1.54, 1.807) is 6.92 Å². The Bertz CT molecular complexity index is 511. The zero-order valence-electron chi connectivity index (χ0n) is 13.7. The Hall–Kier alpha value is -1.78. The average Bonchev–Trinajstić information content (AvgIpc) is 2.76.